The molecule has 30 heavy (non-hydrogen) atoms. The van der Waals surface area contributed by atoms with Crippen LogP contribution in [0.4, 0.5) is 4.79 Å². The lowest BCUT2D eigenvalue weighted by molar-refractivity contribution is 0.100. The van der Waals surface area contributed by atoms with Crippen LogP contribution < -0.4 is 14.8 Å². The van der Waals surface area contributed by atoms with E-state index in [9.17, 15) is 14.2 Å². The van der Waals surface area contributed by atoms with E-state index in [4.69, 9.17) is 23.3 Å². The summed E-state index contributed by atoms with van der Waals surface area (Å²) in [5.41, 5.74) is 0.176. The molecule has 0 aliphatic carbocycles. The van der Waals surface area contributed by atoms with E-state index in [1.54, 1.807) is 12.1 Å². The number of ether oxygens (including phenoxy) is 3. The quantitative estimate of drug-likeness (QED) is 0.189. The van der Waals surface area contributed by atoms with Gasteiger partial charge in [-0.3, -0.25) is 9.36 Å². The first kappa shape index (κ1) is 25.7. The third-order valence-corrected chi connectivity index (χ3v) is 5.67. The van der Waals surface area contributed by atoms with Gasteiger partial charge in [-0.2, -0.15) is 0 Å². The molecule has 1 N–H and O–H groups in total. The molecule has 0 aliphatic rings. The molecule has 0 aromatic heterocycles. The van der Waals surface area contributed by atoms with Gasteiger partial charge in [-0.25, -0.2) is 4.79 Å². The number of hydrogen-bond acceptors (Lipinski definition) is 8. The maximum absolute atomic E-state index is 12.7. The summed E-state index contributed by atoms with van der Waals surface area (Å²) in [6, 6.07) is 4.77. The Bertz CT molecular complexity index is 744. The first-order valence-electron chi connectivity index (χ1n) is 9.54. The molecule has 1 amide bonds. The van der Waals surface area contributed by atoms with Crippen LogP contribution in [0.25, 0.3) is 0 Å². The van der Waals surface area contributed by atoms with Crippen molar-refractivity contribution in [2.75, 3.05) is 46.7 Å². The van der Waals surface area contributed by atoms with Crippen molar-refractivity contribution in [3.8, 4) is 11.5 Å². The fourth-order valence-corrected chi connectivity index (χ4v) is 3.21. The Balaban J connectivity index is 2.82. The van der Waals surface area contributed by atoms with E-state index in [-0.39, 0.29) is 31.1 Å². The number of alkyl carbamates (subject to hydrolysis) is 1. The van der Waals surface area contributed by atoms with E-state index in [1.165, 1.54) is 26.4 Å². The third kappa shape index (κ3) is 8.57. The summed E-state index contributed by atoms with van der Waals surface area (Å²) in [6.07, 6.45) is 2.29. The molecule has 1 aromatic carbocycles. The molecule has 168 valence electrons. The highest BCUT2D eigenvalue weighted by atomic mass is 31.2. The summed E-state index contributed by atoms with van der Waals surface area (Å²) in [6.45, 7) is 6.42. The fraction of sp³-hybridized carbons (Fsp3) is 0.500. The average Bonchev–Trinajstić information content (AvgIpc) is 2.75. The lowest BCUT2D eigenvalue weighted by Crippen LogP contribution is -2.29. The van der Waals surface area contributed by atoms with E-state index in [2.05, 4.69) is 11.9 Å². The first-order chi connectivity index (χ1) is 14.4. The van der Waals surface area contributed by atoms with E-state index < -0.39 is 25.6 Å². The third-order valence-electron chi connectivity index (χ3n) is 3.88. The van der Waals surface area contributed by atoms with Gasteiger partial charge >= 0.3 is 13.7 Å². The number of hydrogen-bond donors (Lipinski definition) is 1. The van der Waals surface area contributed by atoms with Gasteiger partial charge < -0.3 is 28.6 Å². The van der Waals surface area contributed by atoms with Crippen LogP contribution >= 0.6 is 7.60 Å². The minimum absolute atomic E-state index is 0.125. The van der Waals surface area contributed by atoms with Gasteiger partial charge in [0.2, 0.25) is 0 Å². The van der Waals surface area contributed by atoms with Crippen LogP contribution in [-0.2, 0) is 18.3 Å². The monoisotopic (exact) mass is 443 g/mol. The molecule has 0 spiro atoms. The standard InChI is InChI=1S/C20H30NO8P/c1-5-7-13-29-20(23)21-11-14-27-18-10-8-9-16(19(18)28-12-6-2)17(22)15-30(24,25-3)26-4/h6,8-10H,2,5,7,11-15H2,1,3-4H3,(H,21,23). The highest BCUT2D eigenvalue weighted by molar-refractivity contribution is 7.54. The lowest BCUT2D eigenvalue weighted by Gasteiger charge is -2.17. The van der Waals surface area contributed by atoms with Crippen molar-refractivity contribution in [3.63, 3.8) is 0 Å². The molecule has 0 heterocycles. The second kappa shape index (κ2) is 13.8. The molecule has 1 aromatic rings. The van der Waals surface area contributed by atoms with Crippen LogP contribution in [0, 0.1) is 0 Å². The molecule has 0 unspecified atom stereocenters. The van der Waals surface area contributed by atoms with Crippen LogP contribution in [0.5, 0.6) is 11.5 Å². The Morgan fingerprint density at radius 3 is 2.53 bits per heavy atom. The number of carbonyl (C=O) groups is 2. The van der Waals surface area contributed by atoms with Gasteiger partial charge in [-0.15, -0.1) is 0 Å². The molecule has 1 rings (SSSR count). The van der Waals surface area contributed by atoms with Crippen molar-refractivity contribution in [2.24, 2.45) is 0 Å². The van der Waals surface area contributed by atoms with Crippen molar-refractivity contribution in [2.45, 2.75) is 19.8 Å². The van der Waals surface area contributed by atoms with Crippen LogP contribution in [0.3, 0.4) is 0 Å². The van der Waals surface area contributed by atoms with Gasteiger partial charge in [-0.1, -0.05) is 32.1 Å². The molecule has 0 atom stereocenters. The minimum Gasteiger partial charge on any atom is -0.488 e. The number of rotatable bonds is 15. The van der Waals surface area contributed by atoms with Crippen LogP contribution in [0.15, 0.2) is 30.9 Å². The second-order valence-corrected chi connectivity index (χ2v) is 8.32. The van der Waals surface area contributed by atoms with Gasteiger partial charge in [0.15, 0.2) is 17.3 Å². The number of Topliss-reactive ketones (excluding diaryl/α,β-unsaturated/α-hetero) is 1. The first-order valence-corrected chi connectivity index (χ1v) is 11.3. The van der Waals surface area contributed by atoms with Crippen molar-refractivity contribution in [3.05, 3.63) is 36.4 Å². The SMILES string of the molecule is C=CCOc1c(OCCNC(=O)OCCCC)cccc1C(=O)CP(=O)(OC)OC. The zero-order chi connectivity index (χ0) is 22.4. The Labute approximate surface area is 177 Å². The number of unbranched alkanes of at least 4 members (excludes halogenated alkanes) is 1. The number of para-hydroxylation sites is 1. The Morgan fingerprint density at radius 2 is 1.90 bits per heavy atom. The predicted octanol–water partition coefficient (Wildman–Crippen LogP) is 3.83. The zero-order valence-electron chi connectivity index (χ0n) is 17.7. The minimum atomic E-state index is -3.54. The summed E-state index contributed by atoms with van der Waals surface area (Å²) >= 11 is 0. The zero-order valence-corrected chi connectivity index (χ0v) is 18.6. The molecule has 0 saturated heterocycles. The summed E-state index contributed by atoms with van der Waals surface area (Å²) < 4.78 is 38.3. The number of benzene rings is 1. The van der Waals surface area contributed by atoms with Gasteiger partial charge in [-0.05, 0) is 18.6 Å². The van der Waals surface area contributed by atoms with E-state index in [0.717, 1.165) is 12.8 Å². The van der Waals surface area contributed by atoms with Crippen LogP contribution in [0.2, 0.25) is 0 Å². The summed E-state index contributed by atoms with van der Waals surface area (Å²) in [5.74, 6) is 0.00404. The lowest BCUT2D eigenvalue weighted by atomic mass is 10.1. The smallest absolute Gasteiger partial charge is 0.407 e. The summed E-state index contributed by atoms with van der Waals surface area (Å²) in [4.78, 5) is 24.2. The Hall–Kier alpha value is -2.35. The predicted molar refractivity (Wildman–Crippen MR) is 113 cm³/mol. The molecule has 0 fully saturated rings. The maximum atomic E-state index is 12.7. The topological polar surface area (TPSA) is 109 Å². The highest BCUT2D eigenvalue weighted by Crippen LogP contribution is 2.47. The largest absolute Gasteiger partial charge is 0.488 e. The number of amides is 1. The second-order valence-electron chi connectivity index (χ2n) is 6.05. The van der Waals surface area contributed by atoms with E-state index >= 15 is 0 Å². The van der Waals surface area contributed by atoms with Gasteiger partial charge in [0, 0.05) is 14.2 Å². The Morgan fingerprint density at radius 1 is 1.17 bits per heavy atom. The van der Waals surface area contributed by atoms with Crippen molar-refractivity contribution >= 4 is 19.5 Å². The van der Waals surface area contributed by atoms with Gasteiger partial charge in [0.1, 0.15) is 19.4 Å². The average molecular weight is 443 g/mol. The molecule has 0 radical (unpaired) electrons. The molecule has 10 heteroatoms. The molecule has 0 aliphatic heterocycles. The van der Waals surface area contributed by atoms with Crippen molar-refractivity contribution in [1.29, 1.82) is 0 Å². The summed E-state index contributed by atoms with van der Waals surface area (Å²) in [7, 11) is -1.11. The summed E-state index contributed by atoms with van der Waals surface area (Å²) in [5, 5.41) is 2.58. The number of carbonyl (C=O) groups excluding carboxylic acids is 2. The molecule has 9 nitrogen and oxygen atoms in total. The normalized spacial score (nSPS) is 10.9. The number of nitrogens with one attached hydrogen (secondary N) is 1. The Kier molecular flexibility index (Phi) is 11.8. The van der Waals surface area contributed by atoms with Gasteiger partial charge in [0.05, 0.1) is 18.7 Å². The maximum Gasteiger partial charge on any atom is 0.407 e. The van der Waals surface area contributed by atoms with Crippen LogP contribution in [-0.4, -0.2) is 58.6 Å². The highest BCUT2D eigenvalue weighted by Gasteiger charge is 2.28. The molecule has 0 bridgehead atoms. The van der Waals surface area contributed by atoms with Gasteiger partial charge in [0.25, 0.3) is 0 Å². The van der Waals surface area contributed by atoms with Crippen LogP contribution in [0.1, 0.15) is 30.1 Å². The van der Waals surface area contributed by atoms with Crippen molar-refractivity contribution < 1.29 is 37.4 Å². The number of ketones is 1. The fourth-order valence-electron chi connectivity index (χ4n) is 2.28. The molecular weight excluding hydrogens is 413 g/mol. The van der Waals surface area contributed by atoms with E-state index in [0.29, 0.717) is 12.4 Å². The molecular formula is C20H30NO8P. The van der Waals surface area contributed by atoms with E-state index in [1.807, 2.05) is 6.92 Å². The van der Waals surface area contributed by atoms with Crippen molar-refractivity contribution in [1.82, 2.24) is 5.32 Å². The molecule has 0 saturated carbocycles.